The zero-order valence-corrected chi connectivity index (χ0v) is 20.0. The standard InChI is InChI=1S/C30H33NO3/c1-3-4-5-6-7-8-9-10-23-33-28-19-13-24(14-20-28)25-15-21-29(22-16-25)34-30(32)26-11-17-27(31-2)18-12-26/h11-22H,3-10,23H2,1H3. The van der Waals surface area contributed by atoms with E-state index in [0.29, 0.717) is 17.0 Å². The van der Waals surface area contributed by atoms with E-state index in [0.717, 1.165) is 29.9 Å². The van der Waals surface area contributed by atoms with Gasteiger partial charge in [0.2, 0.25) is 0 Å². The summed E-state index contributed by atoms with van der Waals surface area (Å²) in [5, 5.41) is 0. The number of unbranched alkanes of at least 4 members (excludes halogenated alkanes) is 7. The average molecular weight is 456 g/mol. The molecule has 0 heterocycles. The summed E-state index contributed by atoms with van der Waals surface area (Å²) >= 11 is 0. The van der Waals surface area contributed by atoms with Crippen LogP contribution in [0.25, 0.3) is 16.0 Å². The number of esters is 1. The molecule has 0 aliphatic heterocycles. The lowest BCUT2D eigenvalue weighted by molar-refractivity contribution is 0.0735. The summed E-state index contributed by atoms with van der Waals surface area (Å²) in [5.41, 5.74) is 3.02. The van der Waals surface area contributed by atoms with Crippen LogP contribution < -0.4 is 9.47 Å². The Bertz CT molecular complexity index is 1050. The van der Waals surface area contributed by atoms with E-state index >= 15 is 0 Å². The predicted molar refractivity (Wildman–Crippen MR) is 138 cm³/mol. The zero-order valence-electron chi connectivity index (χ0n) is 20.0. The largest absolute Gasteiger partial charge is 0.494 e. The highest BCUT2D eigenvalue weighted by atomic mass is 16.5. The normalized spacial score (nSPS) is 10.5. The summed E-state index contributed by atoms with van der Waals surface area (Å²) in [4.78, 5) is 15.6. The Morgan fingerprint density at radius 2 is 1.24 bits per heavy atom. The van der Waals surface area contributed by atoms with E-state index in [-0.39, 0.29) is 0 Å². The lowest BCUT2D eigenvalue weighted by Crippen LogP contribution is -2.07. The van der Waals surface area contributed by atoms with Crippen LogP contribution in [0.4, 0.5) is 5.69 Å². The summed E-state index contributed by atoms with van der Waals surface area (Å²) < 4.78 is 11.3. The van der Waals surface area contributed by atoms with Crippen LogP contribution in [-0.2, 0) is 0 Å². The second kappa shape index (κ2) is 13.9. The van der Waals surface area contributed by atoms with Crippen molar-refractivity contribution in [3.63, 3.8) is 0 Å². The van der Waals surface area contributed by atoms with Crippen molar-refractivity contribution in [3.8, 4) is 22.6 Å². The number of carbonyl (C=O) groups is 1. The fourth-order valence-electron chi connectivity index (χ4n) is 3.72. The third kappa shape index (κ3) is 8.08. The second-order valence-electron chi connectivity index (χ2n) is 8.42. The van der Waals surface area contributed by atoms with Gasteiger partial charge in [-0.25, -0.2) is 9.64 Å². The number of hydrogen-bond donors (Lipinski definition) is 0. The molecule has 0 amide bonds. The number of hydrogen-bond acceptors (Lipinski definition) is 3. The lowest BCUT2D eigenvalue weighted by atomic mass is 10.1. The molecule has 0 fully saturated rings. The van der Waals surface area contributed by atoms with Gasteiger partial charge in [0.25, 0.3) is 0 Å². The molecule has 34 heavy (non-hydrogen) atoms. The van der Waals surface area contributed by atoms with Crippen LogP contribution in [-0.4, -0.2) is 12.6 Å². The Morgan fingerprint density at radius 3 is 1.79 bits per heavy atom. The summed E-state index contributed by atoms with van der Waals surface area (Å²) in [6, 6.07) is 21.9. The van der Waals surface area contributed by atoms with E-state index in [4.69, 9.17) is 16.0 Å². The fraction of sp³-hybridized carbons (Fsp3) is 0.333. The van der Waals surface area contributed by atoms with Crippen LogP contribution in [0.3, 0.4) is 0 Å². The molecule has 0 unspecified atom stereocenters. The van der Waals surface area contributed by atoms with Gasteiger partial charge in [-0.15, -0.1) is 0 Å². The molecule has 0 N–H and O–H groups in total. The Kier molecular flexibility index (Phi) is 10.2. The molecule has 0 saturated heterocycles. The van der Waals surface area contributed by atoms with Crippen LogP contribution in [0, 0.1) is 6.57 Å². The van der Waals surface area contributed by atoms with Crippen molar-refractivity contribution in [1.29, 1.82) is 0 Å². The van der Waals surface area contributed by atoms with E-state index in [9.17, 15) is 4.79 Å². The van der Waals surface area contributed by atoms with E-state index in [1.807, 2.05) is 36.4 Å². The van der Waals surface area contributed by atoms with Crippen molar-refractivity contribution < 1.29 is 14.3 Å². The summed E-state index contributed by atoms with van der Waals surface area (Å²) in [6.07, 6.45) is 10.3. The van der Waals surface area contributed by atoms with Crippen molar-refractivity contribution in [3.05, 3.63) is 89.8 Å². The topological polar surface area (TPSA) is 39.9 Å². The molecule has 0 aromatic heterocycles. The molecule has 0 bridgehead atoms. The Balaban J connectivity index is 1.42. The Labute approximate surface area is 203 Å². The van der Waals surface area contributed by atoms with Crippen molar-refractivity contribution in [2.24, 2.45) is 0 Å². The molecule has 4 nitrogen and oxygen atoms in total. The quantitative estimate of drug-likeness (QED) is 0.112. The van der Waals surface area contributed by atoms with E-state index in [1.54, 1.807) is 36.4 Å². The minimum atomic E-state index is -0.442. The fourth-order valence-corrected chi connectivity index (χ4v) is 3.72. The Hall–Kier alpha value is -3.58. The van der Waals surface area contributed by atoms with Gasteiger partial charge in [-0.3, -0.25) is 0 Å². The van der Waals surface area contributed by atoms with Gasteiger partial charge in [0.15, 0.2) is 5.69 Å². The van der Waals surface area contributed by atoms with Gasteiger partial charge in [0.1, 0.15) is 11.5 Å². The molecule has 176 valence electrons. The molecule has 3 aromatic rings. The van der Waals surface area contributed by atoms with Gasteiger partial charge in [0, 0.05) is 0 Å². The van der Waals surface area contributed by atoms with Gasteiger partial charge >= 0.3 is 5.97 Å². The van der Waals surface area contributed by atoms with Crippen molar-refractivity contribution >= 4 is 11.7 Å². The molecule has 0 aliphatic carbocycles. The van der Waals surface area contributed by atoms with E-state index < -0.39 is 5.97 Å². The van der Waals surface area contributed by atoms with Gasteiger partial charge in [-0.2, -0.15) is 0 Å². The first kappa shape index (κ1) is 25.1. The average Bonchev–Trinajstić information content (AvgIpc) is 2.88. The minimum Gasteiger partial charge on any atom is -0.494 e. The molecular weight excluding hydrogens is 422 g/mol. The van der Waals surface area contributed by atoms with Crippen molar-refractivity contribution in [2.75, 3.05) is 6.61 Å². The van der Waals surface area contributed by atoms with Crippen LogP contribution in [0.1, 0.15) is 68.6 Å². The summed E-state index contributed by atoms with van der Waals surface area (Å²) in [6.45, 7) is 9.99. The third-order valence-electron chi connectivity index (χ3n) is 5.75. The number of carbonyl (C=O) groups excluding carboxylic acids is 1. The summed E-state index contributed by atoms with van der Waals surface area (Å²) in [7, 11) is 0. The van der Waals surface area contributed by atoms with Gasteiger partial charge < -0.3 is 9.47 Å². The van der Waals surface area contributed by atoms with Gasteiger partial charge in [-0.1, -0.05) is 100 Å². The highest BCUT2D eigenvalue weighted by Gasteiger charge is 2.09. The first-order chi connectivity index (χ1) is 16.7. The lowest BCUT2D eigenvalue weighted by Gasteiger charge is -2.09. The maximum Gasteiger partial charge on any atom is 0.343 e. The number of ether oxygens (including phenoxy) is 2. The van der Waals surface area contributed by atoms with Crippen LogP contribution in [0.15, 0.2) is 72.8 Å². The molecule has 0 radical (unpaired) electrons. The van der Waals surface area contributed by atoms with Crippen molar-refractivity contribution in [1.82, 2.24) is 0 Å². The van der Waals surface area contributed by atoms with E-state index in [1.165, 1.54) is 44.9 Å². The third-order valence-corrected chi connectivity index (χ3v) is 5.75. The van der Waals surface area contributed by atoms with Crippen LogP contribution in [0.5, 0.6) is 11.5 Å². The maximum atomic E-state index is 12.3. The molecule has 0 spiro atoms. The molecule has 0 saturated carbocycles. The molecule has 3 rings (SSSR count). The van der Waals surface area contributed by atoms with Crippen LogP contribution >= 0.6 is 0 Å². The summed E-state index contributed by atoms with van der Waals surface area (Å²) in [5.74, 6) is 0.928. The predicted octanol–water partition coefficient (Wildman–Crippen LogP) is 8.64. The first-order valence-electron chi connectivity index (χ1n) is 12.2. The molecule has 0 atom stereocenters. The minimum absolute atomic E-state index is 0.416. The van der Waals surface area contributed by atoms with E-state index in [2.05, 4.69) is 11.8 Å². The van der Waals surface area contributed by atoms with Crippen LogP contribution in [0.2, 0.25) is 0 Å². The molecular formula is C30H33NO3. The number of nitrogens with zero attached hydrogens (tertiary/aromatic N) is 1. The highest BCUT2D eigenvalue weighted by molar-refractivity contribution is 5.91. The van der Waals surface area contributed by atoms with Crippen molar-refractivity contribution in [2.45, 2.75) is 58.3 Å². The maximum absolute atomic E-state index is 12.3. The van der Waals surface area contributed by atoms with Gasteiger partial charge in [0.05, 0.1) is 18.7 Å². The molecule has 4 heteroatoms. The second-order valence-corrected chi connectivity index (χ2v) is 8.42. The van der Waals surface area contributed by atoms with Gasteiger partial charge in [-0.05, 0) is 41.8 Å². The zero-order chi connectivity index (χ0) is 24.0. The first-order valence-corrected chi connectivity index (χ1v) is 12.2. The highest BCUT2D eigenvalue weighted by Crippen LogP contribution is 2.25. The number of rotatable bonds is 13. The molecule has 0 aliphatic rings. The SMILES string of the molecule is [C-]#[N+]c1ccc(C(=O)Oc2ccc(-c3ccc(OCCCCCCCCCC)cc3)cc2)cc1. The monoisotopic (exact) mass is 455 g/mol. The number of benzene rings is 3. The molecule has 3 aromatic carbocycles. The Morgan fingerprint density at radius 1 is 0.706 bits per heavy atom. The smallest absolute Gasteiger partial charge is 0.343 e.